The number of carbonyl (C=O) groups excluding carboxylic acids is 1. The Morgan fingerprint density at radius 3 is 2.80 bits per heavy atom. The van der Waals surface area contributed by atoms with Gasteiger partial charge in [-0.05, 0) is 38.0 Å². The lowest BCUT2D eigenvalue weighted by atomic mass is 10.1. The molecule has 2 aliphatic rings. The largest absolute Gasteiger partial charge is 0.454 e. The minimum Gasteiger partial charge on any atom is -0.454 e. The van der Waals surface area contributed by atoms with E-state index < -0.39 is 0 Å². The summed E-state index contributed by atoms with van der Waals surface area (Å²) in [5, 5.41) is 2.97. The number of rotatable bonds is 6. The Kier molecular flexibility index (Phi) is 5.89. The molecule has 1 unspecified atom stereocenters. The number of hydrogen-bond donors (Lipinski definition) is 2. The van der Waals surface area contributed by atoms with Crippen LogP contribution in [0.5, 0.6) is 11.5 Å². The van der Waals surface area contributed by atoms with Crippen LogP contribution in [0.1, 0.15) is 36.2 Å². The average Bonchev–Trinajstić information content (AvgIpc) is 3.21. The molecule has 1 saturated heterocycles. The molecule has 2 N–H and O–H groups in total. The Hall–Kier alpha value is -3.07. The number of aryl methyl sites for hydroxylation is 1. The van der Waals surface area contributed by atoms with Crippen LogP contribution >= 0.6 is 0 Å². The van der Waals surface area contributed by atoms with Gasteiger partial charge in [0.25, 0.3) is 5.56 Å². The SMILES string of the molecule is Cc1nc(N2CCOCC2)[nH]c(=O)c1CCC(=O)NC(C)c1ccc2c(c1)OCO2. The van der Waals surface area contributed by atoms with Crippen molar-refractivity contribution in [1.29, 1.82) is 0 Å². The van der Waals surface area contributed by atoms with E-state index in [9.17, 15) is 9.59 Å². The Bertz CT molecular complexity index is 984. The van der Waals surface area contributed by atoms with Crippen molar-refractivity contribution in [1.82, 2.24) is 15.3 Å². The van der Waals surface area contributed by atoms with Gasteiger partial charge in [0, 0.05) is 30.8 Å². The number of anilines is 1. The first-order valence-electron chi connectivity index (χ1n) is 10.1. The first-order chi connectivity index (χ1) is 14.5. The van der Waals surface area contributed by atoms with E-state index in [-0.39, 0.29) is 30.7 Å². The molecular weight excluding hydrogens is 388 g/mol. The second-order valence-electron chi connectivity index (χ2n) is 7.45. The van der Waals surface area contributed by atoms with Crippen molar-refractivity contribution in [2.24, 2.45) is 0 Å². The third-order valence-electron chi connectivity index (χ3n) is 5.40. The third kappa shape index (κ3) is 4.40. The average molecular weight is 414 g/mol. The minimum atomic E-state index is -0.194. The number of ether oxygens (including phenoxy) is 3. The smallest absolute Gasteiger partial charge is 0.255 e. The molecule has 9 nitrogen and oxygen atoms in total. The zero-order valence-electron chi connectivity index (χ0n) is 17.2. The summed E-state index contributed by atoms with van der Waals surface area (Å²) in [6, 6.07) is 5.43. The zero-order chi connectivity index (χ0) is 21.1. The second kappa shape index (κ2) is 8.74. The van der Waals surface area contributed by atoms with E-state index in [1.165, 1.54) is 0 Å². The predicted octanol–water partition coefficient (Wildman–Crippen LogP) is 1.45. The topological polar surface area (TPSA) is 106 Å². The van der Waals surface area contributed by atoms with E-state index >= 15 is 0 Å². The van der Waals surface area contributed by atoms with Gasteiger partial charge in [-0.25, -0.2) is 4.98 Å². The van der Waals surface area contributed by atoms with Crippen LogP contribution in [-0.2, 0) is 16.0 Å². The summed E-state index contributed by atoms with van der Waals surface area (Å²) in [6.07, 6.45) is 0.536. The molecule has 0 spiro atoms. The normalized spacial score (nSPS) is 16.4. The number of nitrogens with one attached hydrogen (secondary N) is 2. The van der Waals surface area contributed by atoms with Crippen molar-refractivity contribution in [3.8, 4) is 11.5 Å². The molecule has 0 bridgehead atoms. The molecule has 1 aromatic heterocycles. The van der Waals surface area contributed by atoms with Gasteiger partial charge in [-0.3, -0.25) is 14.6 Å². The van der Waals surface area contributed by atoms with Gasteiger partial charge in [-0.15, -0.1) is 0 Å². The Labute approximate surface area is 174 Å². The fourth-order valence-electron chi connectivity index (χ4n) is 3.63. The summed E-state index contributed by atoms with van der Waals surface area (Å²) < 4.78 is 16.0. The maximum atomic E-state index is 12.6. The molecule has 2 aliphatic heterocycles. The monoisotopic (exact) mass is 414 g/mol. The van der Waals surface area contributed by atoms with Gasteiger partial charge in [0.1, 0.15) is 0 Å². The van der Waals surface area contributed by atoms with Crippen molar-refractivity contribution in [3.63, 3.8) is 0 Å². The van der Waals surface area contributed by atoms with Crippen molar-refractivity contribution >= 4 is 11.9 Å². The molecular formula is C21H26N4O5. The molecule has 1 aromatic carbocycles. The summed E-state index contributed by atoms with van der Waals surface area (Å²) in [5.41, 5.74) is 1.92. The van der Waals surface area contributed by atoms with E-state index in [0.717, 1.165) is 5.56 Å². The molecule has 0 aliphatic carbocycles. The van der Waals surface area contributed by atoms with E-state index in [1.54, 1.807) is 0 Å². The summed E-state index contributed by atoms with van der Waals surface area (Å²) in [7, 11) is 0. The van der Waals surface area contributed by atoms with Gasteiger partial charge >= 0.3 is 0 Å². The van der Waals surface area contributed by atoms with Gasteiger partial charge in [-0.1, -0.05) is 6.07 Å². The van der Waals surface area contributed by atoms with E-state index in [0.29, 0.717) is 61.4 Å². The van der Waals surface area contributed by atoms with E-state index in [2.05, 4.69) is 15.3 Å². The minimum absolute atomic E-state index is 0.128. The number of hydrogen-bond acceptors (Lipinski definition) is 7. The van der Waals surface area contributed by atoms with Crippen molar-refractivity contribution in [2.75, 3.05) is 38.0 Å². The number of H-pyrrole nitrogens is 1. The summed E-state index contributed by atoms with van der Waals surface area (Å²) >= 11 is 0. The second-order valence-corrected chi connectivity index (χ2v) is 7.45. The number of benzene rings is 1. The van der Waals surface area contributed by atoms with Crippen LogP contribution in [0.3, 0.4) is 0 Å². The number of fused-ring (bicyclic) bond motifs is 1. The highest BCUT2D eigenvalue weighted by molar-refractivity contribution is 5.76. The number of carbonyl (C=O) groups is 1. The number of nitrogens with zero attached hydrogens (tertiary/aromatic N) is 2. The molecule has 1 amide bonds. The molecule has 9 heteroatoms. The van der Waals surface area contributed by atoms with Crippen LogP contribution < -0.4 is 25.2 Å². The van der Waals surface area contributed by atoms with Crippen LogP contribution in [0.15, 0.2) is 23.0 Å². The molecule has 0 radical (unpaired) electrons. The van der Waals surface area contributed by atoms with Gasteiger partial charge in [0.05, 0.1) is 19.3 Å². The zero-order valence-corrected chi connectivity index (χ0v) is 17.2. The van der Waals surface area contributed by atoms with Crippen molar-refractivity contribution in [3.05, 3.63) is 45.4 Å². The highest BCUT2D eigenvalue weighted by Crippen LogP contribution is 2.34. The lowest BCUT2D eigenvalue weighted by Gasteiger charge is -2.27. The van der Waals surface area contributed by atoms with E-state index in [1.807, 2.05) is 36.9 Å². The highest BCUT2D eigenvalue weighted by Gasteiger charge is 2.19. The summed E-state index contributed by atoms with van der Waals surface area (Å²) in [4.78, 5) is 34.4. The Balaban J connectivity index is 1.36. The number of amides is 1. The van der Waals surface area contributed by atoms with Gasteiger partial charge in [0.15, 0.2) is 11.5 Å². The van der Waals surface area contributed by atoms with Gasteiger partial charge < -0.3 is 24.4 Å². The number of aromatic amines is 1. The van der Waals surface area contributed by atoms with Crippen LogP contribution in [0.2, 0.25) is 0 Å². The first-order valence-corrected chi connectivity index (χ1v) is 10.1. The highest BCUT2D eigenvalue weighted by atomic mass is 16.7. The lowest BCUT2D eigenvalue weighted by Crippen LogP contribution is -2.38. The Morgan fingerprint density at radius 1 is 1.27 bits per heavy atom. The van der Waals surface area contributed by atoms with Crippen LogP contribution in [0.4, 0.5) is 5.95 Å². The van der Waals surface area contributed by atoms with E-state index in [4.69, 9.17) is 14.2 Å². The molecule has 1 atom stereocenters. The standard InChI is InChI=1S/C21H26N4O5/c1-13(15-3-5-17-18(11-15)30-12-29-17)22-19(26)6-4-16-14(2)23-21(24-20(16)27)25-7-9-28-10-8-25/h3,5,11,13H,4,6-10,12H2,1-2H3,(H,22,26)(H,23,24,27). The predicted molar refractivity (Wildman–Crippen MR) is 110 cm³/mol. The van der Waals surface area contributed by atoms with Crippen molar-refractivity contribution < 1.29 is 19.0 Å². The number of morpholine rings is 1. The number of aromatic nitrogens is 2. The van der Waals surface area contributed by atoms with Crippen LogP contribution in [-0.4, -0.2) is 49.0 Å². The van der Waals surface area contributed by atoms with Crippen LogP contribution in [0.25, 0.3) is 0 Å². The molecule has 160 valence electrons. The fourth-order valence-corrected chi connectivity index (χ4v) is 3.63. The maximum absolute atomic E-state index is 12.6. The molecule has 30 heavy (non-hydrogen) atoms. The maximum Gasteiger partial charge on any atom is 0.255 e. The molecule has 3 heterocycles. The first kappa shape index (κ1) is 20.2. The quantitative estimate of drug-likeness (QED) is 0.737. The Morgan fingerprint density at radius 2 is 2.03 bits per heavy atom. The molecule has 2 aromatic rings. The van der Waals surface area contributed by atoms with Gasteiger partial charge in [0.2, 0.25) is 18.6 Å². The van der Waals surface area contributed by atoms with Gasteiger partial charge in [-0.2, -0.15) is 0 Å². The fraction of sp³-hybridized carbons (Fsp3) is 0.476. The summed E-state index contributed by atoms with van der Waals surface area (Å²) in [5.74, 6) is 1.82. The lowest BCUT2D eigenvalue weighted by molar-refractivity contribution is -0.121. The molecule has 4 rings (SSSR count). The third-order valence-corrected chi connectivity index (χ3v) is 5.40. The van der Waals surface area contributed by atoms with Crippen molar-refractivity contribution in [2.45, 2.75) is 32.7 Å². The molecule has 1 fully saturated rings. The summed E-state index contributed by atoms with van der Waals surface area (Å²) in [6.45, 7) is 6.56. The van der Waals surface area contributed by atoms with Crippen LogP contribution in [0, 0.1) is 6.92 Å². The molecule has 0 saturated carbocycles.